The molecule has 0 bridgehead atoms. The van der Waals surface area contributed by atoms with E-state index in [4.69, 9.17) is 5.73 Å². The molecule has 3 N–H and O–H groups in total. The molecule has 102 valence electrons. The highest BCUT2D eigenvalue weighted by Gasteiger charge is 2.28. The Hall–Kier alpha value is -0.570. The summed E-state index contributed by atoms with van der Waals surface area (Å²) in [6, 6.07) is -0.366. The Kier molecular flexibility index (Phi) is 6.17. The highest BCUT2D eigenvalue weighted by atomic mass is 16.2. The van der Waals surface area contributed by atoms with Crippen molar-refractivity contribution in [2.45, 2.75) is 78.8 Å². The fraction of sp³-hybridized carbons (Fsp3) is 0.929. The third-order valence-electron chi connectivity index (χ3n) is 2.64. The lowest BCUT2D eigenvalue weighted by Gasteiger charge is -2.34. The molecule has 1 atom stereocenters. The molecule has 0 heterocycles. The van der Waals surface area contributed by atoms with Crippen LogP contribution < -0.4 is 11.1 Å². The first-order valence-electron chi connectivity index (χ1n) is 6.65. The molecule has 1 unspecified atom stereocenters. The zero-order valence-electron chi connectivity index (χ0n) is 12.4. The van der Waals surface area contributed by atoms with Crippen LogP contribution in [-0.4, -0.2) is 17.5 Å². The van der Waals surface area contributed by atoms with Gasteiger partial charge in [-0.25, -0.2) is 0 Å². The van der Waals surface area contributed by atoms with E-state index in [0.29, 0.717) is 0 Å². The van der Waals surface area contributed by atoms with Gasteiger partial charge < -0.3 is 11.1 Å². The number of amides is 1. The van der Waals surface area contributed by atoms with Gasteiger partial charge in [0.1, 0.15) is 0 Å². The van der Waals surface area contributed by atoms with Crippen molar-refractivity contribution in [3.8, 4) is 0 Å². The molecule has 0 aliphatic rings. The Morgan fingerprint density at radius 2 is 1.76 bits per heavy atom. The van der Waals surface area contributed by atoms with Crippen LogP contribution in [0.3, 0.4) is 0 Å². The summed E-state index contributed by atoms with van der Waals surface area (Å²) in [5, 5.41) is 3.06. The van der Waals surface area contributed by atoms with E-state index in [1.54, 1.807) is 0 Å². The number of carbonyl (C=O) groups is 1. The first kappa shape index (κ1) is 16.4. The Morgan fingerprint density at radius 1 is 1.24 bits per heavy atom. The summed E-state index contributed by atoms with van der Waals surface area (Å²) in [5.41, 5.74) is 5.87. The van der Waals surface area contributed by atoms with E-state index in [9.17, 15) is 4.79 Å². The van der Waals surface area contributed by atoms with Crippen molar-refractivity contribution in [2.24, 2.45) is 11.1 Å². The van der Waals surface area contributed by atoms with Crippen LogP contribution in [0.15, 0.2) is 0 Å². The summed E-state index contributed by atoms with van der Waals surface area (Å²) >= 11 is 0. The van der Waals surface area contributed by atoms with Crippen LogP contribution in [0.2, 0.25) is 0 Å². The van der Waals surface area contributed by atoms with Gasteiger partial charge in [-0.3, -0.25) is 4.79 Å². The minimum absolute atomic E-state index is 0.0206. The summed E-state index contributed by atoms with van der Waals surface area (Å²) in [6.07, 6.45) is 3.79. The first-order chi connectivity index (χ1) is 7.57. The minimum atomic E-state index is -0.366. The summed E-state index contributed by atoms with van der Waals surface area (Å²) in [4.78, 5) is 11.9. The van der Waals surface area contributed by atoms with E-state index in [2.05, 4.69) is 46.9 Å². The minimum Gasteiger partial charge on any atom is -0.350 e. The van der Waals surface area contributed by atoms with Crippen LogP contribution >= 0.6 is 0 Å². The van der Waals surface area contributed by atoms with Gasteiger partial charge in [-0.15, -0.1) is 0 Å². The van der Waals surface area contributed by atoms with Crippen molar-refractivity contribution in [3.63, 3.8) is 0 Å². The molecule has 0 spiro atoms. The van der Waals surface area contributed by atoms with Crippen LogP contribution in [0.4, 0.5) is 0 Å². The average molecular weight is 242 g/mol. The van der Waals surface area contributed by atoms with Gasteiger partial charge >= 0.3 is 0 Å². The van der Waals surface area contributed by atoms with Crippen molar-refractivity contribution in [2.75, 3.05) is 0 Å². The second kappa shape index (κ2) is 6.39. The maximum Gasteiger partial charge on any atom is 0.237 e. The zero-order valence-corrected chi connectivity index (χ0v) is 12.4. The molecule has 0 fully saturated rings. The second-order valence-corrected chi connectivity index (χ2v) is 6.86. The number of hydrogen-bond acceptors (Lipinski definition) is 2. The van der Waals surface area contributed by atoms with E-state index >= 15 is 0 Å². The first-order valence-corrected chi connectivity index (χ1v) is 6.65. The normalized spacial score (nSPS) is 14.5. The number of hydrogen-bond donors (Lipinski definition) is 2. The topological polar surface area (TPSA) is 55.1 Å². The van der Waals surface area contributed by atoms with Gasteiger partial charge in [-0.2, -0.15) is 0 Å². The van der Waals surface area contributed by atoms with E-state index in [1.165, 1.54) is 0 Å². The van der Waals surface area contributed by atoms with Gasteiger partial charge in [0, 0.05) is 5.54 Å². The maximum absolute atomic E-state index is 11.9. The largest absolute Gasteiger partial charge is 0.350 e. The molecule has 0 aromatic heterocycles. The van der Waals surface area contributed by atoms with Crippen LogP contribution in [0, 0.1) is 5.41 Å². The monoisotopic (exact) mass is 242 g/mol. The predicted molar refractivity (Wildman–Crippen MR) is 73.8 cm³/mol. The molecule has 0 aromatic carbocycles. The molecule has 17 heavy (non-hydrogen) atoms. The quantitative estimate of drug-likeness (QED) is 0.752. The maximum atomic E-state index is 11.9. The van der Waals surface area contributed by atoms with Gasteiger partial charge in [0.05, 0.1) is 6.04 Å². The lowest BCUT2D eigenvalue weighted by Crippen LogP contribution is -2.51. The van der Waals surface area contributed by atoms with E-state index in [0.717, 1.165) is 25.7 Å². The van der Waals surface area contributed by atoms with E-state index in [1.807, 2.05) is 0 Å². The van der Waals surface area contributed by atoms with Crippen molar-refractivity contribution in [1.29, 1.82) is 0 Å². The Labute approximate surface area is 107 Å². The van der Waals surface area contributed by atoms with Crippen molar-refractivity contribution in [1.82, 2.24) is 5.32 Å². The van der Waals surface area contributed by atoms with Gasteiger partial charge in [0.25, 0.3) is 0 Å². The lowest BCUT2D eigenvalue weighted by molar-refractivity contribution is -0.124. The van der Waals surface area contributed by atoms with Gasteiger partial charge in [-0.05, 0) is 32.1 Å². The molecular formula is C14H30N2O. The third kappa shape index (κ3) is 8.19. The van der Waals surface area contributed by atoms with Crippen LogP contribution in [-0.2, 0) is 4.79 Å². The number of rotatable bonds is 6. The number of nitrogens with one attached hydrogen (secondary N) is 1. The molecule has 0 aliphatic carbocycles. The molecule has 0 saturated carbocycles. The molecule has 0 rings (SSSR count). The molecule has 0 aliphatic heterocycles. The van der Waals surface area contributed by atoms with E-state index < -0.39 is 0 Å². The van der Waals surface area contributed by atoms with E-state index in [-0.39, 0.29) is 22.9 Å². The molecule has 0 saturated heterocycles. The lowest BCUT2D eigenvalue weighted by atomic mass is 9.81. The van der Waals surface area contributed by atoms with Gasteiger partial charge in [0.2, 0.25) is 5.91 Å². The Bertz CT molecular complexity index is 241. The third-order valence-corrected chi connectivity index (χ3v) is 2.64. The smallest absolute Gasteiger partial charge is 0.237 e. The predicted octanol–water partition coefficient (Wildman–Crippen LogP) is 2.83. The summed E-state index contributed by atoms with van der Waals surface area (Å²) in [6.45, 7) is 12.8. The molecule has 3 nitrogen and oxygen atoms in total. The molecule has 0 radical (unpaired) electrons. The number of nitrogens with two attached hydrogens (primary N) is 1. The molecule has 0 aromatic rings. The van der Waals surface area contributed by atoms with Crippen molar-refractivity contribution >= 4 is 5.91 Å². The van der Waals surface area contributed by atoms with Crippen LogP contribution in [0.1, 0.15) is 67.2 Å². The molecule has 3 heteroatoms. The fourth-order valence-electron chi connectivity index (χ4n) is 2.35. The number of unbranched alkanes of at least 4 members (excludes halogenated alkanes) is 1. The van der Waals surface area contributed by atoms with Gasteiger partial charge in [-0.1, -0.05) is 40.5 Å². The fourth-order valence-corrected chi connectivity index (χ4v) is 2.35. The summed E-state index contributed by atoms with van der Waals surface area (Å²) < 4.78 is 0. The van der Waals surface area contributed by atoms with Crippen molar-refractivity contribution < 1.29 is 4.79 Å². The van der Waals surface area contributed by atoms with Crippen LogP contribution in [0.5, 0.6) is 0 Å². The standard InChI is InChI=1S/C14H30N2O/c1-7-8-9-11(15)12(17)16-14(5,6)10-13(2,3)4/h11H,7-10,15H2,1-6H3,(H,16,17). The van der Waals surface area contributed by atoms with Crippen molar-refractivity contribution in [3.05, 3.63) is 0 Å². The second-order valence-electron chi connectivity index (χ2n) is 6.86. The highest BCUT2D eigenvalue weighted by molar-refractivity contribution is 5.82. The molecule has 1 amide bonds. The number of carbonyl (C=O) groups excluding carboxylic acids is 1. The Morgan fingerprint density at radius 3 is 2.18 bits per heavy atom. The SMILES string of the molecule is CCCCC(N)C(=O)NC(C)(C)CC(C)(C)C. The Balaban J connectivity index is 4.26. The molecular weight excluding hydrogens is 212 g/mol. The summed E-state index contributed by atoms with van der Waals surface area (Å²) in [5.74, 6) is -0.0206. The highest BCUT2D eigenvalue weighted by Crippen LogP contribution is 2.26. The van der Waals surface area contributed by atoms with Crippen LogP contribution in [0.25, 0.3) is 0 Å². The summed E-state index contributed by atoms with van der Waals surface area (Å²) in [7, 11) is 0. The van der Waals surface area contributed by atoms with Gasteiger partial charge in [0.15, 0.2) is 0 Å². The zero-order chi connectivity index (χ0) is 13.7. The average Bonchev–Trinajstić information content (AvgIpc) is 2.08.